The quantitative estimate of drug-likeness (QED) is 0.692. The van der Waals surface area contributed by atoms with E-state index in [1.807, 2.05) is 17.5 Å². The van der Waals surface area contributed by atoms with Crippen molar-refractivity contribution in [2.75, 3.05) is 0 Å². The molecule has 2 aromatic heterocycles. The van der Waals surface area contributed by atoms with Crippen molar-refractivity contribution in [1.29, 1.82) is 0 Å². The van der Waals surface area contributed by atoms with Gasteiger partial charge >= 0.3 is 0 Å². The second-order valence-corrected chi connectivity index (χ2v) is 5.82. The average molecular weight is 300 g/mol. The van der Waals surface area contributed by atoms with Gasteiger partial charge in [0.15, 0.2) is 0 Å². The van der Waals surface area contributed by atoms with Crippen LogP contribution < -0.4 is 5.43 Å². The monoisotopic (exact) mass is 300 g/mol. The first kappa shape index (κ1) is 13.8. The Kier molecular flexibility index (Phi) is 4.31. The van der Waals surface area contributed by atoms with E-state index in [0.29, 0.717) is 0 Å². The topological polar surface area (TPSA) is 54.6 Å². The Morgan fingerprint density at radius 2 is 2.29 bits per heavy atom. The van der Waals surface area contributed by atoms with Crippen LogP contribution in [0.4, 0.5) is 0 Å². The fourth-order valence-corrected chi connectivity index (χ4v) is 3.53. The third-order valence-electron chi connectivity index (χ3n) is 3.44. The van der Waals surface area contributed by atoms with E-state index in [9.17, 15) is 4.79 Å². The first-order chi connectivity index (χ1) is 10.3. The first-order valence-electron chi connectivity index (χ1n) is 6.97. The summed E-state index contributed by atoms with van der Waals surface area (Å²) in [4.78, 5) is 13.5. The summed E-state index contributed by atoms with van der Waals surface area (Å²) < 4.78 is 5.15. The van der Waals surface area contributed by atoms with E-state index in [2.05, 4.69) is 10.5 Å². The summed E-state index contributed by atoms with van der Waals surface area (Å²) in [5, 5.41) is 5.87. The molecule has 1 aliphatic rings. The van der Waals surface area contributed by atoms with Gasteiger partial charge in [-0.1, -0.05) is 0 Å². The number of carbonyl (C=O) groups excluding carboxylic acids is 1. The number of hydrogen-bond acceptors (Lipinski definition) is 4. The van der Waals surface area contributed by atoms with Crippen LogP contribution in [0.1, 0.15) is 39.4 Å². The third kappa shape index (κ3) is 3.31. The molecule has 4 nitrogen and oxygen atoms in total. The second-order valence-electron chi connectivity index (χ2n) is 4.85. The maximum Gasteiger partial charge on any atom is 0.272 e. The first-order valence-corrected chi connectivity index (χ1v) is 7.85. The van der Waals surface area contributed by atoms with Gasteiger partial charge in [-0.05, 0) is 55.5 Å². The lowest BCUT2D eigenvalue weighted by atomic mass is 9.96. The Balaban J connectivity index is 1.58. The van der Waals surface area contributed by atoms with Gasteiger partial charge in [0.2, 0.25) is 0 Å². The zero-order valence-electron chi connectivity index (χ0n) is 11.5. The summed E-state index contributed by atoms with van der Waals surface area (Å²) in [5.74, 6) is 0.622. The van der Waals surface area contributed by atoms with Crippen molar-refractivity contribution in [3.05, 3.63) is 51.6 Å². The number of aryl methyl sites for hydroxylation is 1. The van der Waals surface area contributed by atoms with Crippen LogP contribution in [0.2, 0.25) is 0 Å². The van der Waals surface area contributed by atoms with Crippen molar-refractivity contribution in [2.45, 2.75) is 25.7 Å². The SMILES string of the molecule is O=C(NN=C/C=C/c1ccco1)c1csc2c1CCCC2. The Labute approximate surface area is 127 Å². The van der Waals surface area contributed by atoms with Gasteiger partial charge < -0.3 is 4.42 Å². The molecule has 0 bridgehead atoms. The van der Waals surface area contributed by atoms with Gasteiger partial charge in [0.1, 0.15) is 5.76 Å². The number of furan rings is 1. The lowest BCUT2D eigenvalue weighted by molar-refractivity contribution is 0.0954. The molecule has 2 aromatic rings. The van der Waals surface area contributed by atoms with E-state index in [-0.39, 0.29) is 5.91 Å². The number of carbonyl (C=O) groups is 1. The van der Waals surface area contributed by atoms with Gasteiger partial charge in [-0.3, -0.25) is 4.79 Å². The molecule has 0 saturated carbocycles. The Bertz CT molecular complexity index is 669. The molecule has 0 atom stereocenters. The lowest BCUT2D eigenvalue weighted by Gasteiger charge is -2.11. The van der Waals surface area contributed by atoms with E-state index in [0.717, 1.165) is 24.2 Å². The molecular formula is C16H16N2O2S. The molecule has 21 heavy (non-hydrogen) atoms. The summed E-state index contributed by atoms with van der Waals surface area (Å²) >= 11 is 1.68. The summed E-state index contributed by atoms with van der Waals surface area (Å²) in [7, 11) is 0. The number of nitrogens with zero attached hydrogens (tertiary/aromatic N) is 1. The van der Waals surface area contributed by atoms with Gasteiger partial charge in [0, 0.05) is 16.5 Å². The number of amides is 1. The number of thiophene rings is 1. The zero-order chi connectivity index (χ0) is 14.5. The number of allylic oxidation sites excluding steroid dienone is 1. The van der Waals surface area contributed by atoms with Gasteiger partial charge in [-0.25, -0.2) is 5.43 Å². The van der Waals surface area contributed by atoms with Gasteiger partial charge in [-0.2, -0.15) is 5.10 Å². The van der Waals surface area contributed by atoms with Crippen LogP contribution in [-0.2, 0) is 12.8 Å². The maximum absolute atomic E-state index is 12.1. The third-order valence-corrected chi connectivity index (χ3v) is 4.52. The summed E-state index contributed by atoms with van der Waals surface area (Å²) in [6, 6.07) is 3.67. The minimum absolute atomic E-state index is 0.128. The van der Waals surface area contributed by atoms with Crippen LogP contribution in [0.15, 0.2) is 39.4 Å². The molecule has 0 unspecified atom stereocenters. The molecule has 1 N–H and O–H groups in total. The average Bonchev–Trinajstić information content (AvgIpc) is 3.16. The Morgan fingerprint density at radius 1 is 1.38 bits per heavy atom. The van der Waals surface area contributed by atoms with E-state index in [1.54, 1.807) is 36.0 Å². The van der Waals surface area contributed by atoms with Crippen molar-refractivity contribution in [2.24, 2.45) is 5.10 Å². The molecule has 3 rings (SSSR count). The molecule has 2 heterocycles. The number of nitrogens with one attached hydrogen (secondary N) is 1. The molecule has 108 valence electrons. The van der Waals surface area contributed by atoms with Crippen LogP contribution in [0.3, 0.4) is 0 Å². The molecule has 1 aliphatic carbocycles. The number of rotatable bonds is 4. The maximum atomic E-state index is 12.1. The van der Waals surface area contributed by atoms with Gasteiger partial charge in [-0.15, -0.1) is 11.3 Å². The van der Waals surface area contributed by atoms with Gasteiger partial charge in [0.25, 0.3) is 5.91 Å². The molecule has 0 saturated heterocycles. The highest BCUT2D eigenvalue weighted by Crippen LogP contribution is 2.30. The van der Waals surface area contributed by atoms with Crippen molar-refractivity contribution in [3.63, 3.8) is 0 Å². The number of hydrogen-bond donors (Lipinski definition) is 1. The largest absolute Gasteiger partial charge is 0.465 e. The van der Waals surface area contributed by atoms with Crippen molar-refractivity contribution >= 4 is 29.5 Å². The molecule has 0 fully saturated rings. The molecule has 5 heteroatoms. The molecular weight excluding hydrogens is 284 g/mol. The molecule has 0 aliphatic heterocycles. The number of fused-ring (bicyclic) bond motifs is 1. The van der Waals surface area contributed by atoms with Crippen LogP contribution in [0, 0.1) is 0 Å². The normalized spacial score (nSPS) is 14.7. The highest BCUT2D eigenvalue weighted by atomic mass is 32.1. The predicted octanol–water partition coefficient (Wildman–Crippen LogP) is 3.65. The van der Waals surface area contributed by atoms with Crippen LogP contribution >= 0.6 is 11.3 Å². The van der Waals surface area contributed by atoms with Crippen molar-refractivity contribution in [1.82, 2.24) is 5.43 Å². The van der Waals surface area contributed by atoms with E-state index in [4.69, 9.17) is 4.42 Å². The summed E-state index contributed by atoms with van der Waals surface area (Å²) in [5.41, 5.74) is 4.56. The Hall–Kier alpha value is -2.14. The summed E-state index contributed by atoms with van der Waals surface area (Å²) in [6.07, 6.45) is 11.2. The fraction of sp³-hybridized carbons (Fsp3) is 0.250. The van der Waals surface area contributed by atoms with E-state index >= 15 is 0 Å². The Morgan fingerprint density at radius 3 is 3.14 bits per heavy atom. The molecule has 0 radical (unpaired) electrons. The number of hydrazone groups is 1. The highest BCUT2D eigenvalue weighted by molar-refractivity contribution is 7.10. The van der Waals surface area contributed by atoms with Gasteiger partial charge in [0.05, 0.1) is 11.8 Å². The standard InChI is InChI=1S/C16H16N2O2S/c19-16(14-11-21-15-8-2-1-7-13(14)15)18-17-9-3-5-12-6-4-10-20-12/h3-6,9-11H,1-2,7-8H2,(H,18,19)/b5-3+,17-9?. The van der Waals surface area contributed by atoms with E-state index in [1.165, 1.54) is 23.3 Å². The van der Waals surface area contributed by atoms with E-state index < -0.39 is 0 Å². The highest BCUT2D eigenvalue weighted by Gasteiger charge is 2.19. The van der Waals surface area contributed by atoms with Crippen LogP contribution in [0.25, 0.3) is 6.08 Å². The van der Waals surface area contributed by atoms with Crippen LogP contribution in [0.5, 0.6) is 0 Å². The molecule has 0 aromatic carbocycles. The fourth-order valence-electron chi connectivity index (χ4n) is 2.41. The summed E-state index contributed by atoms with van der Waals surface area (Å²) in [6.45, 7) is 0. The predicted molar refractivity (Wildman–Crippen MR) is 84.7 cm³/mol. The smallest absolute Gasteiger partial charge is 0.272 e. The second kappa shape index (κ2) is 6.54. The van der Waals surface area contributed by atoms with Crippen LogP contribution in [-0.4, -0.2) is 12.1 Å². The minimum atomic E-state index is -0.128. The molecule has 1 amide bonds. The van der Waals surface area contributed by atoms with Crippen molar-refractivity contribution in [3.8, 4) is 0 Å². The molecule has 0 spiro atoms. The minimum Gasteiger partial charge on any atom is -0.465 e. The lowest BCUT2D eigenvalue weighted by Crippen LogP contribution is -2.19. The van der Waals surface area contributed by atoms with Crippen molar-refractivity contribution < 1.29 is 9.21 Å². The zero-order valence-corrected chi connectivity index (χ0v) is 12.4.